The van der Waals surface area contributed by atoms with E-state index in [-0.39, 0.29) is 24.6 Å². The van der Waals surface area contributed by atoms with Crippen LogP contribution in [0.15, 0.2) is 24.3 Å². The molecule has 1 saturated heterocycles. The highest BCUT2D eigenvalue weighted by molar-refractivity contribution is 5.78. The minimum atomic E-state index is 0.0362. The second kappa shape index (κ2) is 6.42. The van der Waals surface area contributed by atoms with Gasteiger partial charge in [-0.15, -0.1) is 0 Å². The van der Waals surface area contributed by atoms with Gasteiger partial charge in [-0.3, -0.25) is 4.79 Å². The third kappa shape index (κ3) is 3.30. The van der Waals surface area contributed by atoms with E-state index in [1.54, 1.807) is 24.3 Å². The maximum absolute atomic E-state index is 12.3. The van der Waals surface area contributed by atoms with Crippen molar-refractivity contribution in [3.8, 4) is 11.8 Å². The van der Waals surface area contributed by atoms with Gasteiger partial charge in [-0.05, 0) is 57.4 Å². The second-order valence-corrected chi connectivity index (χ2v) is 5.35. The van der Waals surface area contributed by atoms with Crippen molar-refractivity contribution >= 4 is 5.91 Å². The van der Waals surface area contributed by atoms with E-state index in [0.717, 1.165) is 12.8 Å². The van der Waals surface area contributed by atoms with Crippen LogP contribution in [0.1, 0.15) is 38.7 Å². The van der Waals surface area contributed by atoms with Gasteiger partial charge in [0.15, 0.2) is 6.61 Å². The number of hydrogen-bond acceptors (Lipinski definition) is 3. The lowest BCUT2D eigenvalue weighted by Gasteiger charge is -2.38. The Hall–Kier alpha value is -2.02. The molecule has 1 fully saturated rings. The van der Waals surface area contributed by atoms with Gasteiger partial charge in [-0.1, -0.05) is 0 Å². The summed E-state index contributed by atoms with van der Waals surface area (Å²) in [6.45, 7) is 4.24. The van der Waals surface area contributed by atoms with E-state index in [2.05, 4.69) is 19.9 Å². The van der Waals surface area contributed by atoms with Gasteiger partial charge in [0.25, 0.3) is 5.91 Å². The molecule has 0 N–H and O–H groups in total. The number of nitriles is 1. The van der Waals surface area contributed by atoms with Gasteiger partial charge in [-0.25, -0.2) is 0 Å². The monoisotopic (exact) mass is 272 g/mol. The smallest absolute Gasteiger partial charge is 0.260 e. The molecule has 0 radical (unpaired) electrons. The van der Waals surface area contributed by atoms with E-state index in [9.17, 15) is 4.79 Å². The van der Waals surface area contributed by atoms with Crippen LogP contribution in [0.2, 0.25) is 0 Å². The summed E-state index contributed by atoms with van der Waals surface area (Å²) in [7, 11) is 0. The molecule has 0 spiro atoms. The molecule has 1 heterocycles. The molecule has 4 heteroatoms. The largest absolute Gasteiger partial charge is 0.484 e. The number of hydrogen-bond donors (Lipinski definition) is 0. The van der Waals surface area contributed by atoms with Crippen molar-refractivity contribution in [1.82, 2.24) is 4.90 Å². The number of likely N-dealkylation sites (tertiary alicyclic amines) is 1. The second-order valence-electron chi connectivity index (χ2n) is 5.35. The quantitative estimate of drug-likeness (QED) is 0.850. The fourth-order valence-corrected chi connectivity index (χ4v) is 2.76. The van der Waals surface area contributed by atoms with Gasteiger partial charge in [-0.2, -0.15) is 5.26 Å². The fourth-order valence-electron chi connectivity index (χ4n) is 2.76. The minimum Gasteiger partial charge on any atom is -0.484 e. The Morgan fingerprint density at radius 1 is 1.30 bits per heavy atom. The molecule has 106 valence electrons. The fraction of sp³-hybridized carbons (Fsp3) is 0.500. The Labute approximate surface area is 120 Å². The predicted octanol–water partition coefficient (Wildman–Crippen LogP) is 2.73. The molecular weight excluding hydrogens is 252 g/mol. The molecule has 1 aliphatic heterocycles. The average Bonchev–Trinajstić information content (AvgIpc) is 2.45. The number of ether oxygens (including phenoxy) is 1. The predicted molar refractivity (Wildman–Crippen MR) is 76.3 cm³/mol. The third-order valence-electron chi connectivity index (χ3n) is 3.83. The van der Waals surface area contributed by atoms with Crippen LogP contribution in [0.3, 0.4) is 0 Å². The molecule has 1 aromatic rings. The summed E-state index contributed by atoms with van der Waals surface area (Å²) in [5, 5.41) is 8.72. The summed E-state index contributed by atoms with van der Waals surface area (Å²) in [5.41, 5.74) is 0.585. The summed E-state index contributed by atoms with van der Waals surface area (Å²) in [6, 6.07) is 9.43. The summed E-state index contributed by atoms with van der Waals surface area (Å²) < 4.78 is 5.52. The summed E-state index contributed by atoms with van der Waals surface area (Å²) in [4.78, 5) is 14.2. The number of rotatable bonds is 3. The van der Waals surface area contributed by atoms with E-state index in [4.69, 9.17) is 10.00 Å². The average molecular weight is 272 g/mol. The number of benzene rings is 1. The first-order valence-electron chi connectivity index (χ1n) is 7.06. The molecule has 1 aliphatic rings. The summed E-state index contributed by atoms with van der Waals surface area (Å²) in [6.07, 6.45) is 3.31. The van der Waals surface area contributed by atoms with Crippen molar-refractivity contribution in [3.05, 3.63) is 29.8 Å². The van der Waals surface area contributed by atoms with Gasteiger partial charge in [0.2, 0.25) is 0 Å². The first kappa shape index (κ1) is 14.4. The van der Waals surface area contributed by atoms with Gasteiger partial charge in [0, 0.05) is 12.1 Å². The molecular formula is C16H20N2O2. The van der Waals surface area contributed by atoms with Crippen LogP contribution in [0.4, 0.5) is 0 Å². The minimum absolute atomic E-state index is 0.0362. The maximum atomic E-state index is 12.3. The van der Waals surface area contributed by atoms with Crippen LogP contribution in [-0.2, 0) is 4.79 Å². The number of carbonyl (C=O) groups excluding carboxylic acids is 1. The maximum Gasteiger partial charge on any atom is 0.260 e. The Morgan fingerprint density at radius 3 is 2.45 bits per heavy atom. The molecule has 1 amide bonds. The molecule has 2 rings (SSSR count). The van der Waals surface area contributed by atoms with Crippen molar-refractivity contribution in [1.29, 1.82) is 5.26 Å². The number of amides is 1. The van der Waals surface area contributed by atoms with Gasteiger partial charge < -0.3 is 9.64 Å². The standard InChI is InChI=1S/C16H20N2O2/c1-12-4-3-5-13(2)18(12)16(19)11-20-15-8-6-14(10-17)7-9-15/h6-9,12-13H,3-5,11H2,1-2H3. The highest BCUT2D eigenvalue weighted by atomic mass is 16.5. The lowest BCUT2D eigenvalue weighted by Crippen LogP contribution is -2.49. The van der Waals surface area contributed by atoms with E-state index >= 15 is 0 Å². The molecule has 0 bridgehead atoms. The first-order valence-corrected chi connectivity index (χ1v) is 7.06. The van der Waals surface area contributed by atoms with Crippen LogP contribution in [0.25, 0.3) is 0 Å². The van der Waals surface area contributed by atoms with Crippen molar-refractivity contribution in [2.45, 2.75) is 45.2 Å². The zero-order valence-corrected chi connectivity index (χ0v) is 12.0. The van der Waals surface area contributed by atoms with Crippen LogP contribution in [0.5, 0.6) is 5.75 Å². The van der Waals surface area contributed by atoms with E-state index in [0.29, 0.717) is 11.3 Å². The van der Waals surface area contributed by atoms with Gasteiger partial charge in [0.05, 0.1) is 11.6 Å². The number of carbonyl (C=O) groups is 1. The summed E-state index contributed by atoms with van der Waals surface area (Å²) in [5.74, 6) is 0.656. The van der Waals surface area contributed by atoms with E-state index in [1.807, 2.05) is 4.90 Å². The highest BCUT2D eigenvalue weighted by Gasteiger charge is 2.28. The normalized spacial score (nSPS) is 22.1. The topological polar surface area (TPSA) is 53.3 Å². The van der Waals surface area contributed by atoms with Crippen molar-refractivity contribution in [2.75, 3.05) is 6.61 Å². The number of nitrogens with zero attached hydrogens (tertiary/aromatic N) is 2. The first-order chi connectivity index (χ1) is 9.61. The highest BCUT2D eigenvalue weighted by Crippen LogP contribution is 2.22. The Balaban J connectivity index is 1.92. The van der Waals surface area contributed by atoms with Gasteiger partial charge in [0.1, 0.15) is 5.75 Å². The Kier molecular flexibility index (Phi) is 4.62. The molecule has 2 unspecified atom stereocenters. The Morgan fingerprint density at radius 2 is 1.90 bits per heavy atom. The van der Waals surface area contributed by atoms with Crippen LogP contribution in [-0.4, -0.2) is 29.5 Å². The van der Waals surface area contributed by atoms with Crippen molar-refractivity contribution in [2.24, 2.45) is 0 Å². The van der Waals surface area contributed by atoms with Crippen LogP contribution >= 0.6 is 0 Å². The molecule has 20 heavy (non-hydrogen) atoms. The molecule has 4 nitrogen and oxygen atoms in total. The van der Waals surface area contributed by atoms with E-state index in [1.165, 1.54) is 6.42 Å². The summed E-state index contributed by atoms with van der Waals surface area (Å²) >= 11 is 0. The Bertz CT molecular complexity index is 494. The zero-order valence-electron chi connectivity index (χ0n) is 12.0. The molecule has 2 atom stereocenters. The molecule has 0 aromatic heterocycles. The lowest BCUT2D eigenvalue weighted by molar-refractivity contribution is -0.139. The van der Waals surface area contributed by atoms with E-state index < -0.39 is 0 Å². The van der Waals surface area contributed by atoms with Crippen molar-refractivity contribution in [3.63, 3.8) is 0 Å². The SMILES string of the molecule is CC1CCCC(C)N1C(=O)COc1ccc(C#N)cc1. The lowest BCUT2D eigenvalue weighted by atomic mass is 9.97. The third-order valence-corrected chi connectivity index (χ3v) is 3.83. The zero-order chi connectivity index (χ0) is 14.5. The number of piperidine rings is 1. The molecule has 0 aliphatic carbocycles. The molecule has 0 saturated carbocycles. The molecule has 1 aromatic carbocycles. The van der Waals surface area contributed by atoms with Crippen LogP contribution in [0, 0.1) is 11.3 Å². The van der Waals surface area contributed by atoms with Crippen molar-refractivity contribution < 1.29 is 9.53 Å². The van der Waals surface area contributed by atoms with Gasteiger partial charge >= 0.3 is 0 Å². The van der Waals surface area contributed by atoms with Crippen LogP contribution < -0.4 is 4.74 Å².